The van der Waals surface area contributed by atoms with Gasteiger partial charge in [0, 0.05) is 10.9 Å². The molecule has 90 valence electrons. The number of hydrogen-bond acceptors (Lipinski definition) is 2. The summed E-state index contributed by atoms with van der Waals surface area (Å²) in [5.41, 5.74) is 0.804. The second-order valence-corrected chi connectivity index (χ2v) is 4.40. The maximum absolute atomic E-state index is 13.2. The lowest BCUT2D eigenvalue weighted by molar-refractivity contribution is 0.0372. The number of halogens is 2. The normalized spacial score (nSPS) is 11.1. The number of aromatic nitrogens is 1. The van der Waals surface area contributed by atoms with Crippen LogP contribution in [0.1, 0.15) is 24.3 Å². The van der Waals surface area contributed by atoms with E-state index in [-0.39, 0.29) is 16.8 Å². The van der Waals surface area contributed by atoms with Crippen LogP contribution in [0.25, 0.3) is 10.9 Å². The maximum Gasteiger partial charge on any atom is 0.355 e. The molecule has 1 N–H and O–H groups in total. The van der Waals surface area contributed by atoms with Crippen LogP contribution in [0.15, 0.2) is 18.2 Å². The first-order valence-electron chi connectivity index (χ1n) is 5.16. The van der Waals surface area contributed by atoms with Crippen LogP contribution < -0.4 is 0 Å². The van der Waals surface area contributed by atoms with Crippen molar-refractivity contribution in [3.05, 3.63) is 34.7 Å². The first kappa shape index (κ1) is 11.9. The van der Waals surface area contributed by atoms with Crippen LogP contribution in [0.4, 0.5) is 4.39 Å². The Morgan fingerprint density at radius 1 is 1.41 bits per heavy atom. The predicted octanol–water partition coefficient (Wildman–Crippen LogP) is 3.53. The fraction of sp³-hybridized carbons (Fsp3) is 0.250. The van der Waals surface area contributed by atoms with E-state index in [4.69, 9.17) is 16.3 Å². The third-order valence-corrected chi connectivity index (χ3v) is 2.51. The van der Waals surface area contributed by atoms with Crippen LogP contribution in [0.3, 0.4) is 0 Å². The molecule has 0 amide bonds. The summed E-state index contributed by atoms with van der Waals surface area (Å²) in [5, 5.41) is 0.701. The topological polar surface area (TPSA) is 42.1 Å². The average Bonchev–Trinajstić information content (AvgIpc) is 2.60. The monoisotopic (exact) mass is 255 g/mol. The molecule has 0 saturated heterocycles. The van der Waals surface area contributed by atoms with Crippen molar-refractivity contribution in [2.45, 2.75) is 20.0 Å². The van der Waals surface area contributed by atoms with Gasteiger partial charge in [-0.3, -0.25) is 0 Å². The van der Waals surface area contributed by atoms with E-state index in [9.17, 15) is 9.18 Å². The molecule has 0 saturated carbocycles. The number of H-pyrrole nitrogens is 1. The summed E-state index contributed by atoms with van der Waals surface area (Å²) in [5.74, 6) is -0.988. The maximum atomic E-state index is 13.2. The molecular weight excluding hydrogens is 245 g/mol. The molecular formula is C12H11ClFNO2. The van der Waals surface area contributed by atoms with Gasteiger partial charge in [0.25, 0.3) is 0 Å². The molecule has 1 heterocycles. The van der Waals surface area contributed by atoms with E-state index in [2.05, 4.69) is 4.98 Å². The van der Waals surface area contributed by atoms with Crippen molar-refractivity contribution < 1.29 is 13.9 Å². The van der Waals surface area contributed by atoms with Crippen molar-refractivity contribution in [2.75, 3.05) is 0 Å². The van der Waals surface area contributed by atoms with Crippen molar-refractivity contribution in [2.24, 2.45) is 0 Å². The number of hydrogen-bond donors (Lipinski definition) is 1. The van der Waals surface area contributed by atoms with Gasteiger partial charge in [0.2, 0.25) is 0 Å². The molecule has 0 unspecified atom stereocenters. The van der Waals surface area contributed by atoms with Crippen LogP contribution in [-0.2, 0) is 4.74 Å². The number of esters is 1. The van der Waals surface area contributed by atoms with Gasteiger partial charge in [-0.1, -0.05) is 11.6 Å². The van der Waals surface area contributed by atoms with Crippen LogP contribution in [-0.4, -0.2) is 17.1 Å². The molecule has 0 bridgehead atoms. The summed E-state index contributed by atoms with van der Waals surface area (Å²) in [4.78, 5) is 14.4. The molecule has 0 atom stereocenters. The SMILES string of the molecule is CC(C)OC(=O)c1cc2cc(Cl)c(F)cc2[nH]1. The highest BCUT2D eigenvalue weighted by Gasteiger charge is 2.13. The minimum absolute atomic E-state index is 0.0280. The summed E-state index contributed by atoms with van der Waals surface area (Å²) in [6.45, 7) is 3.52. The standard InChI is InChI=1S/C12H11ClFNO2/c1-6(2)17-12(16)11-4-7-3-8(13)9(14)5-10(7)15-11/h3-6,15H,1-2H3. The van der Waals surface area contributed by atoms with Gasteiger partial charge in [-0.2, -0.15) is 0 Å². The van der Waals surface area contributed by atoms with Gasteiger partial charge in [-0.05, 0) is 32.0 Å². The second kappa shape index (κ2) is 4.37. The summed E-state index contributed by atoms with van der Waals surface area (Å²) < 4.78 is 18.2. The van der Waals surface area contributed by atoms with Gasteiger partial charge in [-0.15, -0.1) is 0 Å². The number of carbonyl (C=O) groups excluding carboxylic acids is 1. The van der Waals surface area contributed by atoms with Crippen LogP contribution in [0.2, 0.25) is 5.02 Å². The van der Waals surface area contributed by atoms with Gasteiger partial charge < -0.3 is 9.72 Å². The molecule has 2 rings (SSSR count). The van der Waals surface area contributed by atoms with Crippen molar-refractivity contribution >= 4 is 28.5 Å². The number of rotatable bonds is 2. The zero-order valence-corrected chi connectivity index (χ0v) is 10.1. The number of ether oxygens (including phenoxy) is 1. The fourth-order valence-electron chi connectivity index (χ4n) is 1.51. The average molecular weight is 256 g/mol. The third kappa shape index (κ3) is 2.42. The lowest BCUT2D eigenvalue weighted by Gasteiger charge is -2.05. The Kier molecular flexibility index (Phi) is 3.07. The van der Waals surface area contributed by atoms with E-state index in [0.29, 0.717) is 10.9 Å². The molecule has 5 heteroatoms. The van der Waals surface area contributed by atoms with Gasteiger partial charge >= 0.3 is 5.97 Å². The lowest BCUT2D eigenvalue weighted by atomic mass is 10.2. The minimum Gasteiger partial charge on any atom is -0.458 e. The number of aromatic amines is 1. The molecule has 0 aliphatic rings. The lowest BCUT2D eigenvalue weighted by Crippen LogP contribution is -2.11. The Bertz CT molecular complexity index is 538. The van der Waals surface area contributed by atoms with E-state index < -0.39 is 11.8 Å². The van der Waals surface area contributed by atoms with Gasteiger partial charge in [-0.25, -0.2) is 9.18 Å². The van der Waals surface area contributed by atoms with Crippen molar-refractivity contribution in [1.82, 2.24) is 4.98 Å². The van der Waals surface area contributed by atoms with Crippen LogP contribution >= 0.6 is 11.6 Å². The van der Waals surface area contributed by atoms with Gasteiger partial charge in [0.15, 0.2) is 0 Å². The molecule has 3 nitrogen and oxygen atoms in total. The molecule has 0 aliphatic heterocycles. The zero-order valence-electron chi connectivity index (χ0n) is 9.38. The van der Waals surface area contributed by atoms with Crippen LogP contribution in [0, 0.1) is 5.82 Å². The smallest absolute Gasteiger partial charge is 0.355 e. The summed E-state index contributed by atoms with van der Waals surface area (Å²) in [6.07, 6.45) is -0.200. The number of benzene rings is 1. The Morgan fingerprint density at radius 2 is 2.12 bits per heavy atom. The van der Waals surface area contributed by atoms with Crippen LogP contribution in [0.5, 0.6) is 0 Å². The quantitative estimate of drug-likeness (QED) is 0.834. The molecule has 0 radical (unpaired) electrons. The Hall–Kier alpha value is -1.55. The highest BCUT2D eigenvalue weighted by atomic mass is 35.5. The first-order chi connectivity index (χ1) is 7.97. The third-order valence-electron chi connectivity index (χ3n) is 2.22. The Morgan fingerprint density at radius 3 is 2.76 bits per heavy atom. The second-order valence-electron chi connectivity index (χ2n) is 3.99. The van der Waals surface area contributed by atoms with Crippen molar-refractivity contribution in [3.8, 4) is 0 Å². The minimum atomic E-state index is -0.523. The molecule has 2 aromatic rings. The Labute approximate surface area is 103 Å². The molecule has 0 aliphatic carbocycles. The van der Waals surface area contributed by atoms with Crippen molar-refractivity contribution in [3.63, 3.8) is 0 Å². The van der Waals surface area contributed by atoms with E-state index >= 15 is 0 Å². The van der Waals surface area contributed by atoms with Gasteiger partial charge in [0.1, 0.15) is 11.5 Å². The fourth-order valence-corrected chi connectivity index (χ4v) is 1.69. The van der Waals surface area contributed by atoms with E-state index in [1.54, 1.807) is 19.9 Å². The Balaban J connectivity index is 2.41. The molecule has 0 fully saturated rings. The van der Waals surface area contributed by atoms with E-state index in [0.717, 1.165) is 0 Å². The van der Waals surface area contributed by atoms with E-state index in [1.807, 2.05) is 0 Å². The zero-order chi connectivity index (χ0) is 12.6. The summed E-state index contributed by atoms with van der Waals surface area (Å²) in [7, 11) is 0. The highest BCUT2D eigenvalue weighted by molar-refractivity contribution is 6.31. The molecule has 0 spiro atoms. The summed E-state index contributed by atoms with van der Waals surface area (Å²) >= 11 is 5.66. The predicted molar refractivity (Wildman–Crippen MR) is 63.8 cm³/mol. The summed E-state index contributed by atoms with van der Waals surface area (Å²) in [6, 6.07) is 4.31. The van der Waals surface area contributed by atoms with Gasteiger partial charge in [0.05, 0.1) is 11.1 Å². The molecule has 1 aromatic carbocycles. The molecule has 17 heavy (non-hydrogen) atoms. The van der Waals surface area contributed by atoms with Crippen molar-refractivity contribution in [1.29, 1.82) is 0 Å². The largest absolute Gasteiger partial charge is 0.458 e. The van der Waals surface area contributed by atoms with E-state index in [1.165, 1.54) is 12.1 Å². The highest BCUT2D eigenvalue weighted by Crippen LogP contribution is 2.23. The first-order valence-corrected chi connectivity index (χ1v) is 5.54. The number of nitrogens with one attached hydrogen (secondary N) is 1. The molecule has 1 aromatic heterocycles. The number of carbonyl (C=O) groups is 1. The number of fused-ring (bicyclic) bond motifs is 1.